The minimum Gasteiger partial charge on any atom is -0.611 e. The third kappa shape index (κ3) is 6.46. The molecule has 4 rings (SSSR count). The Kier molecular flexibility index (Phi) is 7.89. The minimum absolute atomic E-state index is 0.0385. The zero-order chi connectivity index (χ0) is 25.2. The first-order chi connectivity index (χ1) is 16.6. The average Bonchev–Trinajstić information content (AvgIpc) is 2.82. The van der Waals surface area contributed by atoms with E-state index in [9.17, 15) is 9.35 Å². The first-order valence-electron chi connectivity index (χ1n) is 11.9. The van der Waals surface area contributed by atoms with Crippen LogP contribution in [-0.2, 0) is 29.0 Å². The molecule has 0 N–H and O–H groups in total. The Morgan fingerprint density at radius 3 is 2.49 bits per heavy atom. The average molecular weight is 517 g/mol. The number of carbonyl (C=O) groups is 1. The predicted octanol–water partition coefficient (Wildman–Crippen LogP) is 5.84. The molecule has 35 heavy (non-hydrogen) atoms. The molecule has 1 saturated heterocycles. The molecule has 2 aromatic rings. The summed E-state index contributed by atoms with van der Waals surface area (Å²) < 4.78 is 24.1. The van der Waals surface area contributed by atoms with Gasteiger partial charge in [0.1, 0.15) is 16.6 Å². The third-order valence-corrected chi connectivity index (χ3v) is 8.46. The van der Waals surface area contributed by atoms with Crippen molar-refractivity contribution in [2.75, 3.05) is 20.2 Å². The number of piperidine rings is 1. The summed E-state index contributed by atoms with van der Waals surface area (Å²) in [6, 6.07) is 12.0. The fourth-order valence-electron chi connectivity index (χ4n) is 4.35. The number of likely N-dealkylation sites (tertiary alicyclic amines) is 1. The highest BCUT2D eigenvalue weighted by atomic mass is 35.5. The molecule has 0 radical (unpaired) electrons. The molecular weight excluding hydrogens is 484 g/mol. The fourth-order valence-corrected chi connectivity index (χ4v) is 6.25. The zero-order valence-electron chi connectivity index (χ0n) is 20.8. The third-order valence-electron chi connectivity index (χ3n) is 6.19. The first-order valence-corrected chi connectivity index (χ1v) is 13.5. The highest BCUT2D eigenvalue weighted by Crippen LogP contribution is 2.34. The Bertz CT molecular complexity index is 1080. The molecule has 2 aromatic carbocycles. The maximum atomic E-state index is 13.4. The first kappa shape index (κ1) is 25.7. The van der Waals surface area contributed by atoms with E-state index in [0.29, 0.717) is 35.8 Å². The minimum atomic E-state index is -1.24. The van der Waals surface area contributed by atoms with Crippen LogP contribution < -0.4 is 4.74 Å². The Hall–Kier alpha value is -2.35. The van der Waals surface area contributed by atoms with Crippen molar-refractivity contribution in [2.45, 2.75) is 62.4 Å². The van der Waals surface area contributed by atoms with Gasteiger partial charge in [0.15, 0.2) is 4.90 Å². The van der Waals surface area contributed by atoms with Crippen molar-refractivity contribution in [3.63, 3.8) is 0 Å². The number of nitrogens with zero attached hydrogens (tertiary/aromatic N) is 2. The normalized spacial score (nSPS) is 17.2. The van der Waals surface area contributed by atoms with Crippen LogP contribution >= 0.6 is 11.6 Å². The lowest BCUT2D eigenvalue weighted by atomic mass is 10.0. The molecule has 1 fully saturated rings. The molecule has 2 aliphatic rings. The van der Waals surface area contributed by atoms with Gasteiger partial charge in [-0.3, -0.25) is 0 Å². The van der Waals surface area contributed by atoms with Crippen molar-refractivity contribution < 1.29 is 18.8 Å². The second-order valence-electron chi connectivity index (χ2n) is 10.0. The Balaban J connectivity index is 1.38. The molecule has 0 saturated carbocycles. The Morgan fingerprint density at radius 2 is 1.86 bits per heavy atom. The number of halogens is 1. The van der Waals surface area contributed by atoms with E-state index < -0.39 is 16.8 Å². The van der Waals surface area contributed by atoms with Gasteiger partial charge in [0.25, 0.3) is 0 Å². The summed E-state index contributed by atoms with van der Waals surface area (Å²) in [7, 11) is 1.66. The number of hydrogen-bond donors (Lipinski definition) is 0. The van der Waals surface area contributed by atoms with Gasteiger partial charge in [-0.2, -0.15) is 0 Å². The van der Waals surface area contributed by atoms with Gasteiger partial charge < -0.3 is 23.8 Å². The van der Waals surface area contributed by atoms with E-state index >= 15 is 0 Å². The number of fused-ring (bicyclic) bond motifs is 1. The molecule has 2 heterocycles. The van der Waals surface area contributed by atoms with Crippen LogP contribution in [0.15, 0.2) is 47.5 Å². The standard InChI is InChI=1S/C27H33ClN2O4S/c1-27(2,3)34-26(31)30-13-10-23(11-14-30)35(32)25-16-20-9-12-29(18-21(20)15-24(25)28)17-19-5-7-22(33-4)8-6-19/h5-9,12,15-16,23H,10-11,13-14,17-18H2,1-4H3. The van der Waals surface area contributed by atoms with Crippen LogP contribution in [0.25, 0.3) is 6.08 Å². The Morgan fingerprint density at radius 1 is 1.17 bits per heavy atom. The topological polar surface area (TPSA) is 65.1 Å². The van der Waals surface area contributed by atoms with Crippen molar-refractivity contribution >= 4 is 34.9 Å². The lowest BCUT2D eigenvalue weighted by molar-refractivity contribution is 0.0217. The van der Waals surface area contributed by atoms with E-state index in [1.165, 1.54) is 5.56 Å². The highest BCUT2D eigenvalue weighted by molar-refractivity contribution is 7.92. The zero-order valence-corrected chi connectivity index (χ0v) is 22.3. The molecule has 0 aliphatic carbocycles. The van der Waals surface area contributed by atoms with Gasteiger partial charge in [-0.05, 0) is 72.9 Å². The molecule has 1 unspecified atom stereocenters. The van der Waals surface area contributed by atoms with Gasteiger partial charge in [-0.15, -0.1) is 0 Å². The lowest BCUT2D eigenvalue weighted by Crippen LogP contribution is -2.44. The van der Waals surface area contributed by atoms with Crippen LogP contribution in [0.5, 0.6) is 5.75 Å². The molecule has 188 valence electrons. The van der Waals surface area contributed by atoms with Crippen LogP contribution in [0, 0.1) is 0 Å². The molecular formula is C27H33ClN2O4S. The summed E-state index contributed by atoms with van der Waals surface area (Å²) in [5, 5.41) is 0.500. The van der Waals surface area contributed by atoms with Crippen LogP contribution in [-0.4, -0.2) is 51.5 Å². The monoisotopic (exact) mass is 516 g/mol. The fraction of sp³-hybridized carbons (Fsp3) is 0.444. The maximum absolute atomic E-state index is 13.4. The molecule has 2 aliphatic heterocycles. The van der Waals surface area contributed by atoms with Gasteiger partial charge in [0.05, 0.1) is 12.1 Å². The summed E-state index contributed by atoms with van der Waals surface area (Å²) in [5.41, 5.74) is 2.84. The number of ether oxygens (including phenoxy) is 2. The van der Waals surface area contributed by atoms with Crippen molar-refractivity contribution in [1.82, 2.24) is 9.80 Å². The molecule has 8 heteroatoms. The van der Waals surface area contributed by atoms with Crippen molar-refractivity contribution in [3.05, 3.63) is 64.3 Å². The largest absolute Gasteiger partial charge is 0.611 e. The van der Waals surface area contributed by atoms with Crippen LogP contribution in [0.2, 0.25) is 5.02 Å². The number of carbonyl (C=O) groups excluding carboxylic acids is 1. The number of hydrogen-bond acceptors (Lipinski definition) is 5. The van der Waals surface area contributed by atoms with Crippen LogP contribution in [0.4, 0.5) is 4.79 Å². The van der Waals surface area contributed by atoms with Crippen LogP contribution in [0.1, 0.15) is 50.3 Å². The van der Waals surface area contributed by atoms with Crippen molar-refractivity contribution in [3.8, 4) is 5.75 Å². The van der Waals surface area contributed by atoms with Gasteiger partial charge in [-0.25, -0.2) is 4.79 Å². The summed E-state index contributed by atoms with van der Waals surface area (Å²) in [6.07, 6.45) is 5.14. The molecule has 6 nitrogen and oxygen atoms in total. The molecule has 0 aromatic heterocycles. The van der Waals surface area contributed by atoms with Crippen LogP contribution in [0.3, 0.4) is 0 Å². The van der Waals surface area contributed by atoms with E-state index in [1.54, 1.807) is 12.0 Å². The van der Waals surface area contributed by atoms with E-state index in [2.05, 4.69) is 29.3 Å². The smallest absolute Gasteiger partial charge is 0.410 e. The molecule has 1 atom stereocenters. The number of rotatable bonds is 5. The summed E-state index contributed by atoms with van der Waals surface area (Å²) in [5.74, 6) is 0.844. The highest BCUT2D eigenvalue weighted by Gasteiger charge is 2.34. The van der Waals surface area contributed by atoms with Crippen molar-refractivity contribution in [1.29, 1.82) is 0 Å². The molecule has 0 spiro atoms. The number of amides is 1. The SMILES string of the molecule is COc1ccc(CN2C=Cc3cc([S+]([O-])C4CCN(C(=O)OC(C)(C)C)CC4)c(Cl)cc3C2)cc1. The van der Waals surface area contributed by atoms with Gasteiger partial charge in [-0.1, -0.05) is 23.7 Å². The Labute approximate surface area is 216 Å². The maximum Gasteiger partial charge on any atom is 0.410 e. The van der Waals surface area contributed by atoms with E-state index in [0.717, 1.165) is 30.0 Å². The lowest BCUT2D eigenvalue weighted by Gasteiger charge is -2.34. The van der Waals surface area contributed by atoms with Gasteiger partial charge in [0, 0.05) is 51.3 Å². The summed E-state index contributed by atoms with van der Waals surface area (Å²) in [4.78, 5) is 16.9. The van der Waals surface area contributed by atoms with Gasteiger partial charge >= 0.3 is 6.09 Å². The number of methoxy groups -OCH3 is 1. The molecule has 0 bridgehead atoms. The summed E-state index contributed by atoms with van der Waals surface area (Å²) in [6.45, 7) is 8.16. The summed E-state index contributed by atoms with van der Waals surface area (Å²) >= 11 is 5.39. The molecule has 1 amide bonds. The van der Waals surface area contributed by atoms with E-state index in [-0.39, 0.29) is 11.3 Å². The predicted molar refractivity (Wildman–Crippen MR) is 140 cm³/mol. The van der Waals surface area contributed by atoms with E-state index in [4.69, 9.17) is 21.1 Å². The second kappa shape index (κ2) is 10.7. The van der Waals surface area contributed by atoms with Gasteiger partial charge in [0.2, 0.25) is 0 Å². The quantitative estimate of drug-likeness (QED) is 0.467. The second-order valence-corrected chi connectivity index (χ2v) is 12.1. The van der Waals surface area contributed by atoms with Crippen molar-refractivity contribution in [2.24, 2.45) is 0 Å². The number of benzene rings is 2. The van der Waals surface area contributed by atoms with E-state index in [1.807, 2.05) is 45.0 Å².